The molecule has 1 saturated carbocycles. The number of benzene rings is 1. The van der Waals surface area contributed by atoms with E-state index in [0.29, 0.717) is 31.1 Å². The number of aromatic amines is 1. The Morgan fingerprint density at radius 2 is 1.86 bits per heavy atom. The predicted molar refractivity (Wildman–Crippen MR) is 104 cm³/mol. The number of imidazole rings is 1. The number of rotatable bonds is 2. The number of likely N-dealkylation sites (tertiary alicyclic amines) is 1. The van der Waals surface area contributed by atoms with Crippen LogP contribution in [0.25, 0.3) is 11.0 Å². The molecule has 1 amide bonds. The van der Waals surface area contributed by atoms with Crippen molar-refractivity contribution in [2.45, 2.75) is 25.0 Å². The second kappa shape index (κ2) is 6.60. The largest absolute Gasteiger partial charge is 0.391 e. The lowest BCUT2D eigenvalue weighted by molar-refractivity contribution is 0.0374. The summed E-state index contributed by atoms with van der Waals surface area (Å²) in [5.74, 6) is 0.459. The van der Waals surface area contributed by atoms with E-state index in [1.807, 2.05) is 35.5 Å². The molecule has 7 nitrogen and oxygen atoms in total. The molecule has 144 valence electrons. The lowest BCUT2D eigenvalue weighted by Gasteiger charge is -2.36. The van der Waals surface area contributed by atoms with E-state index in [4.69, 9.17) is 0 Å². The Morgan fingerprint density at radius 3 is 2.68 bits per heavy atom. The topological polar surface area (TPSA) is 91.2 Å². The van der Waals surface area contributed by atoms with Crippen LogP contribution in [0.5, 0.6) is 0 Å². The summed E-state index contributed by atoms with van der Waals surface area (Å²) in [6, 6.07) is 12.5. The molecule has 4 atom stereocenters. The lowest BCUT2D eigenvalue weighted by atomic mass is 9.77. The number of H-pyrrole nitrogens is 1. The molecule has 0 unspecified atom stereocenters. The number of carbonyl (C=O) groups excluding carboxylic acids is 1. The Hall–Kier alpha value is -2.93. The van der Waals surface area contributed by atoms with Crippen LogP contribution in [-0.4, -0.2) is 49.6 Å². The zero-order valence-corrected chi connectivity index (χ0v) is 15.4. The molecule has 2 fully saturated rings. The van der Waals surface area contributed by atoms with Crippen molar-refractivity contribution in [3.8, 4) is 0 Å². The van der Waals surface area contributed by atoms with Gasteiger partial charge in [-0.1, -0.05) is 18.2 Å². The van der Waals surface area contributed by atoms with Crippen LogP contribution in [0.4, 0.5) is 0 Å². The molecular weight excluding hydrogens is 356 g/mol. The fourth-order valence-electron chi connectivity index (χ4n) is 4.86. The highest BCUT2D eigenvalue weighted by molar-refractivity contribution is 5.92. The van der Waals surface area contributed by atoms with Crippen molar-refractivity contribution < 1.29 is 9.90 Å². The van der Waals surface area contributed by atoms with Crippen molar-refractivity contribution >= 4 is 16.9 Å². The Balaban J connectivity index is 1.37. The second-order valence-electron chi connectivity index (χ2n) is 7.91. The van der Waals surface area contributed by atoms with Crippen LogP contribution < -0.4 is 5.56 Å². The Kier molecular flexibility index (Phi) is 4.05. The molecule has 3 aromatic rings. The van der Waals surface area contributed by atoms with Gasteiger partial charge in [0.05, 0.1) is 29.5 Å². The van der Waals surface area contributed by atoms with Gasteiger partial charge >= 0.3 is 0 Å². The van der Waals surface area contributed by atoms with Crippen molar-refractivity contribution in [2.75, 3.05) is 13.1 Å². The molecule has 2 N–H and O–H groups in total. The van der Waals surface area contributed by atoms with E-state index in [2.05, 4.69) is 14.5 Å². The van der Waals surface area contributed by atoms with Gasteiger partial charge in [0.2, 0.25) is 5.56 Å². The van der Waals surface area contributed by atoms with Crippen molar-refractivity contribution in [2.24, 2.45) is 11.8 Å². The van der Waals surface area contributed by atoms with E-state index in [1.54, 1.807) is 12.1 Å². The first kappa shape index (κ1) is 17.2. The van der Waals surface area contributed by atoms with Gasteiger partial charge in [-0.25, -0.2) is 4.98 Å². The molecule has 3 heterocycles. The zero-order valence-electron chi connectivity index (χ0n) is 15.4. The van der Waals surface area contributed by atoms with Gasteiger partial charge in [0.1, 0.15) is 5.69 Å². The number of aliphatic hydroxyl groups excluding tert-OH is 1. The van der Waals surface area contributed by atoms with Crippen LogP contribution >= 0.6 is 0 Å². The summed E-state index contributed by atoms with van der Waals surface area (Å²) in [5.41, 5.74) is 2.00. The number of hydrogen-bond donors (Lipinski definition) is 2. The summed E-state index contributed by atoms with van der Waals surface area (Å²) in [6.45, 7) is 1.27. The lowest BCUT2D eigenvalue weighted by Crippen LogP contribution is -2.36. The number of pyridine rings is 1. The van der Waals surface area contributed by atoms with Gasteiger partial charge < -0.3 is 19.6 Å². The number of fused-ring (bicyclic) bond motifs is 2. The third-order valence-electron chi connectivity index (χ3n) is 6.23. The molecule has 2 aromatic heterocycles. The van der Waals surface area contributed by atoms with E-state index < -0.39 is 6.10 Å². The molecule has 0 spiro atoms. The van der Waals surface area contributed by atoms with Crippen LogP contribution in [0.3, 0.4) is 0 Å². The molecule has 5 rings (SSSR count). The fraction of sp³-hybridized carbons (Fsp3) is 0.381. The van der Waals surface area contributed by atoms with Crippen LogP contribution in [0, 0.1) is 11.8 Å². The second-order valence-corrected chi connectivity index (χ2v) is 7.91. The molecule has 2 aliphatic rings. The fourth-order valence-corrected chi connectivity index (χ4v) is 4.86. The Bertz CT molecular complexity index is 1090. The summed E-state index contributed by atoms with van der Waals surface area (Å²) in [7, 11) is 0. The van der Waals surface area contributed by atoms with Crippen LogP contribution in [0.15, 0.2) is 53.6 Å². The maximum atomic E-state index is 12.8. The summed E-state index contributed by atoms with van der Waals surface area (Å²) in [5, 5.41) is 10.8. The first-order chi connectivity index (χ1) is 13.6. The van der Waals surface area contributed by atoms with Gasteiger partial charge in [-0.15, -0.1) is 0 Å². The molecule has 1 aromatic carbocycles. The minimum atomic E-state index is -0.467. The number of aromatic nitrogens is 3. The summed E-state index contributed by atoms with van der Waals surface area (Å²) >= 11 is 0. The minimum Gasteiger partial charge on any atom is -0.391 e. The van der Waals surface area contributed by atoms with Gasteiger partial charge in [0, 0.05) is 19.2 Å². The highest BCUT2D eigenvalue weighted by atomic mass is 16.3. The molecule has 1 aliphatic carbocycles. The third-order valence-corrected chi connectivity index (χ3v) is 6.23. The molecule has 7 heteroatoms. The first-order valence-electron chi connectivity index (χ1n) is 9.68. The zero-order chi connectivity index (χ0) is 19.3. The predicted octanol–water partition coefficient (Wildman–Crippen LogP) is 1.81. The van der Waals surface area contributed by atoms with Crippen molar-refractivity contribution in [1.29, 1.82) is 0 Å². The van der Waals surface area contributed by atoms with Gasteiger partial charge in [0.25, 0.3) is 5.91 Å². The number of nitrogens with one attached hydrogen (secondary N) is 1. The van der Waals surface area contributed by atoms with Crippen molar-refractivity contribution in [1.82, 2.24) is 19.4 Å². The summed E-state index contributed by atoms with van der Waals surface area (Å²) in [4.78, 5) is 33.2. The SMILES string of the molecule is O=C(c1cccc(=O)[nH]1)N1C[C@H]2C[C@@H](n3cnc4ccccc43)[C@H](O)C[C@H]2C1. The Labute approximate surface area is 161 Å². The van der Waals surface area contributed by atoms with Gasteiger partial charge in [0.15, 0.2) is 0 Å². The molecule has 28 heavy (non-hydrogen) atoms. The number of nitrogens with zero attached hydrogens (tertiary/aromatic N) is 3. The van der Waals surface area contributed by atoms with Crippen molar-refractivity contribution in [3.63, 3.8) is 0 Å². The van der Waals surface area contributed by atoms with Gasteiger partial charge in [-0.2, -0.15) is 0 Å². The van der Waals surface area contributed by atoms with Gasteiger partial charge in [-0.3, -0.25) is 9.59 Å². The summed E-state index contributed by atoms with van der Waals surface area (Å²) in [6.07, 6.45) is 2.81. The average Bonchev–Trinajstić information content (AvgIpc) is 3.30. The number of carbonyl (C=O) groups is 1. The normalized spacial score (nSPS) is 27.1. The highest BCUT2D eigenvalue weighted by Crippen LogP contribution is 2.42. The highest BCUT2D eigenvalue weighted by Gasteiger charge is 2.44. The summed E-state index contributed by atoms with van der Waals surface area (Å²) < 4.78 is 2.08. The van der Waals surface area contributed by atoms with Crippen molar-refractivity contribution in [3.05, 3.63) is 64.8 Å². The number of amides is 1. The smallest absolute Gasteiger partial charge is 0.270 e. The first-order valence-corrected chi connectivity index (χ1v) is 9.68. The minimum absolute atomic E-state index is 0.0414. The average molecular weight is 378 g/mol. The number of hydrogen-bond acceptors (Lipinski definition) is 4. The van der Waals surface area contributed by atoms with E-state index in [1.165, 1.54) is 6.07 Å². The van der Waals surface area contributed by atoms with E-state index in [0.717, 1.165) is 17.5 Å². The van der Waals surface area contributed by atoms with Crippen LogP contribution in [-0.2, 0) is 0 Å². The quantitative estimate of drug-likeness (QED) is 0.711. The molecule has 1 saturated heterocycles. The third kappa shape index (κ3) is 2.82. The van der Waals surface area contributed by atoms with E-state index >= 15 is 0 Å². The van der Waals surface area contributed by atoms with E-state index in [9.17, 15) is 14.7 Å². The molecule has 0 radical (unpaired) electrons. The Morgan fingerprint density at radius 1 is 1.07 bits per heavy atom. The van der Waals surface area contributed by atoms with Crippen LogP contribution in [0.2, 0.25) is 0 Å². The number of aliphatic hydroxyl groups is 1. The molecule has 0 bridgehead atoms. The monoisotopic (exact) mass is 378 g/mol. The van der Waals surface area contributed by atoms with Crippen LogP contribution in [0.1, 0.15) is 29.4 Å². The maximum Gasteiger partial charge on any atom is 0.270 e. The molecule has 1 aliphatic heterocycles. The van der Waals surface area contributed by atoms with Gasteiger partial charge in [-0.05, 0) is 42.9 Å². The van der Waals surface area contributed by atoms with E-state index in [-0.39, 0.29) is 23.4 Å². The number of para-hydroxylation sites is 2. The maximum absolute atomic E-state index is 12.8. The standard InChI is InChI=1S/C21H22N4O3/c26-19-9-14-11-24(21(28)16-5-3-7-20(27)23-16)10-13(14)8-18(19)25-12-22-15-4-1-2-6-17(15)25/h1-7,12-14,18-19,26H,8-11H2,(H,23,27)/t13-,14+,18-,19-/m1/s1. The molecular formula is C21H22N4O3.